The van der Waals surface area contributed by atoms with Crippen LogP contribution in [0.2, 0.25) is 0 Å². The van der Waals surface area contributed by atoms with Gasteiger partial charge in [-0.05, 0) is 38.8 Å². The molecule has 2 heterocycles. The quantitative estimate of drug-likeness (QED) is 0.805. The van der Waals surface area contributed by atoms with Crippen LogP contribution in [0.1, 0.15) is 48.9 Å². The van der Waals surface area contributed by atoms with Crippen molar-refractivity contribution in [1.29, 1.82) is 0 Å². The van der Waals surface area contributed by atoms with Crippen molar-refractivity contribution in [3.63, 3.8) is 0 Å². The van der Waals surface area contributed by atoms with Crippen LogP contribution in [-0.4, -0.2) is 59.2 Å². The first-order valence-electron chi connectivity index (χ1n) is 9.41. The number of hydrogen-bond acceptors (Lipinski definition) is 4. The molecule has 1 unspecified atom stereocenters. The predicted octanol–water partition coefficient (Wildman–Crippen LogP) is 1.01. The van der Waals surface area contributed by atoms with E-state index in [2.05, 4.69) is 15.7 Å². The Bertz CT molecular complexity index is 594. The van der Waals surface area contributed by atoms with Crippen molar-refractivity contribution in [2.24, 2.45) is 5.92 Å². The van der Waals surface area contributed by atoms with Gasteiger partial charge < -0.3 is 15.5 Å². The first kappa shape index (κ1) is 17.9. The Kier molecular flexibility index (Phi) is 6.07. The lowest BCUT2D eigenvalue weighted by Crippen LogP contribution is -2.38. The summed E-state index contributed by atoms with van der Waals surface area (Å²) < 4.78 is 1.56. The van der Waals surface area contributed by atoms with Crippen molar-refractivity contribution < 1.29 is 9.59 Å². The number of carbonyl (C=O) groups is 2. The van der Waals surface area contributed by atoms with Crippen LogP contribution in [0, 0.1) is 5.92 Å². The summed E-state index contributed by atoms with van der Waals surface area (Å²) in [7, 11) is 1.94. The fourth-order valence-electron chi connectivity index (χ4n) is 3.88. The summed E-state index contributed by atoms with van der Waals surface area (Å²) in [6.07, 6.45) is 10.1. The van der Waals surface area contributed by atoms with Gasteiger partial charge >= 0.3 is 0 Å². The molecule has 1 aromatic rings. The van der Waals surface area contributed by atoms with E-state index in [9.17, 15) is 9.59 Å². The molecule has 0 bridgehead atoms. The molecule has 0 aromatic carbocycles. The molecular weight excluding hydrogens is 318 g/mol. The average molecular weight is 347 g/mol. The van der Waals surface area contributed by atoms with Gasteiger partial charge in [0.05, 0.1) is 11.8 Å². The van der Waals surface area contributed by atoms with E-state index in [1.54, 1.807) is 17.1 Å². The maximum Gasteiger partial charge on any atom is 0.257 e. The van der Waals surface area contributed by atoms with Crippen molar-refractivity contribution >= 4 is 11.8 Å². The Morgan fingerprint density at radius 3 is 2.80 bits per heavy atom. The number of nitrogens with zero attached hydrogens (tertiary/aromatic N) is 3. The van der Waals surface area contributed by atoms with Gasteiger partial charge in [-0.2, -0.15) is 5.10 Å². The van der Waals surface area contributed by atoms with Gasteiger partial charge in [0.2, 0.25) is 5.91 Å². The highest BCUT2D eigenvalue weighted by molar-refractivity contribution is 5.94. The van der Waals surface area contributed by atoms with E-state index in [1.807, 2.05) is 11.9 Å². The molecule has 1 saturated heterocycles. The van der Waals surface area contributed by atoms with E-state index < -0.39 is 0 Å². The monoisotopic (exact) mass is 347 g/mol. The number of aromatic nitrogens is 2. The van der Waals surface area contributed by atoms with Gasteiger partial charge in [0.15, 0.2) is 0 Å². The fourth-order valence-corrected chi connectivity index (χ4v) is 3.88. The molecule has 1 aliphatic carbocycles. The summed E-state index contributed by atoms with van der Waals surface area (Å²) in [6.45, 7) is 2.68. The lowest BCUT2D eigenvalue weighted by molar-refractivity contribution is -0.122. The van der Waals surface area contributed by atoms with Gasteiger partial charge in [-0.3, -0.25) is 14.3 Å². The van der Waals surface area contributed by atoms with Crippen LogP contribution in [0.5, 0.6) is 0 Å². The SMILES string of the molecule is CNCC1CCN(C(=O)c2cnn(CC(=O)NC3CCCCC3)c2)C1. The minimum atomic E-state index is -0.0238. The molecule has 2 aliphatic rings. The molecule has 25 heavy (non-hydrogen) atoms. The highest BCUT2D eigenvalue weighted by Crippen LogP contribution is 2.18. The zero-order valence-corrected chi connectivity index (χ0v) is 15.0. The third-order valence-electron chi connectivity index (χ3n) is 5.22. The maximum absolute atomic E-state index is 12.6. The number of carbonyl (C=O) groups excluding carboxylic acids is 2. The standard InChI is InChI=1S/C18H29N5O2/c1-19-9-14-7-8-22(11-14)18(25)15-10-20-23(12-15)13-17(24)21-16-5-3-2-4-6-16/h10,12,14,16,19H,2-9,11,13H2,1H3,(H,21,24). The molecule has 7 heteroatoms. The van der Waals surface area contributed by atoms with Crippen molar-refractivity contribution in [1.82, 2.24) is 25.3 Å². The number of hydrogen-bond donors (Lipinski definition) is 2. The summed E-state index contributed by atoms with van der Waals surface area (Å²) in [4.78, 5) is 26.6. The summed E-state index contributed by atoms with van der Waals surface area (Å²) in [5.41, 5.74) is 0.565. The van der Waals surface area contributed by atoms with Gasteiger partial charge in [0.25, 0.3) is 5.91 Å². The van der Waals surface area contributed by atoms with Gasteiger partial charge in [-0.15, -0.1) is 0 Å². The Labute approximate surface area is 149 Å². The largest absolute Gasteiger partial charge is 0.352 e. The van der Waals surface area contributed by atoms with Crippen molar-refractivity contribution in [3.8, 4) is 0 Å². The van der Waals surface area contributed by atoms with Crippen molar-refractivity contribution in [2.45, 2.75) is 51.1 Å². The topological polar surface area (TPSA) is 79.3 Å². The van der Waals surface area contributed by atoms with E-state index >= 15 is 0 Å². The van der Waals surface area contributed by atoms with Crippen LogP contribution in [0.25, 0.3) is 0 Å². The summed E-state index contributed by atoms with van der Waals surface area (Å²) >= 11 is 0. The lowest BCUT2D eigenvalue weighted by Gasteiger charge is -2.22. The zero-order valence-electron chi connectivity index (χ0n) is 15.0. The second-order valence-electron chi connectivity index (χ2n) is 7.29. The third kappa shape index (κ3) is 4.81. The summed E-state index contributed by atoms with van der Waals surface area (Å²) in [5.74, 6) is 0.507. The van der Waals surface area contributed by atoms with E-state index in [-0.39, 0.29) is 18.4 Å². The van der Waals surface area contributed by atoms with E-state index in [1.165, 1.54) is 19.3 Å². The molecule has 2 fully saturated rings. The van der Waals surface area contributed by atoms with Crippen LogP contribution in [0.4, 0.5) is 0 Å². The zero-order chi connectivity index (χ0) is 17.6. The molecular formula is C18H29N5O2. The molecule has 1 atom stereocenters. The summed E-state index contributed by atoms with van der Waals surface area (Å²) in [6, 6.07) is 0.298. The first-order chi connectivity index (χ1) is 12.2. The maximum atomic E-state index is 12.6. The van der Waals surface area contributed by atoms with Crippen molar-refractivity contribution in [2.75, 3.05) is 26.7 Å². The van der Waals surface area contributed by atoms with Crippen LogP contribution in [-0.2, 0) is 11.3 Å². The lowest BCUT2D eigenvalue weighted by atomic mass is 9.95. The number of amides is 2. The fraction of sp³-hybridized carbons (Fsp3) is 0.722. The van der Waals surface area contributed by atoms with Crippen LogP contribution < -0.4 is 10.6 Å². The second kappa shape index (κ2) is 8.47. The molecule has 0 radical (unpaired) electrons. The minimum absolute atomic E-state index is 0.0116. The molecule has 1 aromatic heterocycles. The van der Waals surface area contributed by atoms with E-state index in [0.29, 0.717) is 17.5 Å². The second-order valence-corrected chi connectivity index (χ2v) is 7.29. The average Bonchev–Trinajstić information content (AvgIpc) is 3.25. The predicted molar refractivity (Wildman–Crippen MR) is 95.2 cm³/mol. The third-order valence-corrected chi connectivity index (χ3v) is 5.22. The normalized spacial score (nSPS) is 21.5. The van der Waals surface area contributed by atoms with E-state index in [4.69, 9.17) is 0 Å². The van der Waals surface area contributed by atoms with E-state index in [0.717, 1.165) is 38.9 Å². The highest BCUT2D eigenvalue weighted by Gasteiger charge is 2.27. The smallest absolute Gasteiger partial charge is 0.257 e. The van der Waals surface area contributed by atoms with Gasteiger partial charge in [0, 0.05) is 25.3 Å². The number of rotatable bonds is 6. The Hall–Kier alpha value is -1.89. The molecule has 3 rings (SSSR count). The van der Waals surface area contributed by atoms with Crippen LogP contribution >= 0.6 is 0 Å². The minimum Gasteiger partial charge on any atom is -0.352 e. The Morgan fingerprint density at radius 1 is 1.24 bits per heavy atom. The highest BCUT2D eigenvalue weighted by atomic mass is 16.2. The number of nitrogens with one attached hydrogen (secondary N) is 2. The molecule has 1 aliphatic heterocycles. The van der Waals surface area contributed by atoms with Gasteiger partial charge in [-0.25, -0.2) is 0 Å². The summed E-state index contributed by atoms with van der Waals surface area (Å²) in [5, 5.41) is 10.4. The van der Waals surface area contributed by atoms with Crippen molar-refractivity contribution in [3.05, 3.63) is 18.0 Å². The Balaban J connectivity index is 1.50. The van der Waals surface area contributed by atoms with Crippen LogP contribution in [0.3, 0.4) is 0 Å². The molecule has 138 valence electrons. The van der Waals surface area contributed by atoms with Gasteiger partial charge in [0.1, 0.15) is 6.54 Å². The number of likely N-dealkylation sites (tertiary alicyclic amines) is 1. The Morgan fingerprint density at radius 2 is 2.04 bits per heavy atom. The molecule has 2 amide bonds. The van der Waals surface area contributed by atoms with Crippen LogP contribution in [0.15, 0.2) is 12.4 Å². The molecule has 2 N–H and O–H groups in total. The molecule has 1 saturated carbocycles. The van der Waals surface area contributed by atoms with Gasteiger partial charge in [-0.1, -0.05) is 19.3 Å². The molecule has 7 nitrogen and oxygen atoms in total. The molecule has 0 spiro atoms. The first-order valence-corrected chi connectivity index (χ1v) is 9.41.